The summed E-state index contributed by atoms with van der Waals surface area (Å²) in [6, 6.07) is 0. The Morgan fingerprint density at radius 3 is 2.60 bits per heavy atom. The van der Waals surface area contributed by atoms with Crippen molar-refractivity contribution in [1.29, 1.82) is 0 Å². The van der Waals surface area contributed by atoms with Crippen LogP contribution < -0.4 is 5.32 Å². The molecule has 0 spiro atoms. The predicted octanol–water partition coefficient (Wildman–Crippen LogP) is 0.0632. The molecule has 0 aromatic heterocycles. The van der Waals surface area contributed by atoms with Crippen LogP contribution in [-0.4, -0.2) is 30.2 Å². The number of hydrogen-bond acceptors (Lipinski definition) is 2. The van der Waals surface area contributed by atoms with Crippen molar-refractivity contribution in [2.45, 2.75) is 26.2 Å². The van der Waals surface area contributed by atoms with Gasteiger partial charge in [0.25, 0.3) is 0 Å². The molecule has 3 heteroatoms. The molecule has 0 aliphatic heterocycles. The first kappa shape index (κ1) is 10.1. The summed E-state index contributed by atoms with van der Waals surface area (Å²) in [5.74, 6) is 0. The third-order valence-corrected chi connectivity index (χ3v) is 1.82. The monoisotopic (exact) mass is 161 g/mol. The van der Waals surface area contributed by atoms with Gasteiger partial charge in [-0.25, -0.2) is 0 Å². The molecule has 0 radical (unpaired) electrons. The molecular formula is C7H19NOSi. The Bertz CT molecular complexity index is 53.6. The van der Waals surface area contributed by atoms with Crippen LogP contribution in [0.25, 0.3) is 0 Å². The van der Waals surface area contributed by atoms with Crippen LogP contribution in [0.4, 0.5) is 0 Å². The van der Waals surface area contributed by atoms with E-state index in [2.05, 4.69) is 12.2 Å². The zero-order chi connectivity index (χ0) is 7.66. The molecule has 0 aliphatic carbocycles. The molecule has 0 aromatic carbocycles. The van der Waals surface area contributed by atoms with E-state index in [9.17, 15) is 0 Å². The summed E-state index contributed by atoms with van der Waals surface area (Å²) in [5.41, 5.74) is 0. The topological polar surface area (TPSA) is 21.3 Å². The van der Waals surface area contributed by atoms with Gasteiger partial charge in [0.05, 0.1) is 0 Å². The molecule has 0 bridgehead atoms. The van der Waals surface area contributed by atoms with Gasteiger partial charge in [0.1, 0.15) is 10.5 Å². The van der Waals surface area contributed by atoms with Crippen LogP contribution in [0.15, 0.2) is 0 Å². The van der Waals surface area contributed by atoms with E-state index in [0.717, 1.165) is 36.6 Å². The first-order chi connectivity index (χ1) is 4.91. The number of rotatable bonds is 7. The summed E-state index contributed by atoms with van der Waals surface area (Å²) in [7, 11) is 0.881. The fraction of sp³-hybridized carbons (Fsp3) is 1.00. The van der Waals surface area contributed by atoms with Gasteiger partial charge in [-0.2, -0.15) is 0 Å². The summed E-state index contributed by atoms with van der Waals surface area (Å²) >= 11 is 0. The van der Waals surface area contributed by atoms with Gasteiger partial charge in [0.2, 0.25) is 0 Å². The quantitative estimate of drug-likeness (QED) is 0.421. The molecule has 2 nitrogen and oxygen atoms in total. The first-order valence-corrected chi connectivity index (χ1v) is 4.93. The van der Waals surface area contributed by atoms with Crippen molar-refractivity contribution in [3.63, 3.8) is 0 Å². The summed E-state index contributed by atoms with van der Waals surface area (Å²) in [4.78, 5) is 0. The normalized spacial score (nSPS) is 10.5. The maximum absolute atomic E-state index is 5.05. The first-order valence-electron chi connectivity index (χ1n) is 4.11. The molecule has 0 saturated carbocycles. The Morgan fingerprint density at radius 1 is 1.30 bits per heavy atom. The van der Waals surface area contributed by atoms with Crippen molar-refractivity contribution in [3.8, 4) is 0 Å². The molecule has 0 heterocycles. The van der Waals surface area contributed by atoms with Crippen LogP contribution in [-0.2, 0) is 4.43 Å². The highest BCUT2D eigenvalue weighted by Crippen LogP contribution is 1.82. The zero-order valence-electron chi connectivity index (χ0n) is 7.15. The Labute approximate surface area is 66.9 Å². The van der Waals surface area contributed by atoms with E-state index in [0.29, 0.717) is 0 Å². The lowest BCUT2D eigenvalue weighted by molar-refractivity contribution is 0.337. The van der Waals surface area contributed by atoms with E-state index < -0.39 is 0 Å². The molecule has 0 saturated heterocycles. The lowest BCUT2D eigenvalue weighted by atomic mass is 10.3. The van der Waals surface area contributed by atoms with E-state index >= 15 is 0 Å². The Morgan fingerprint density at radius 2 is 2.00 bits per heavy atom. The Balaban J connectivity index is 2.65. The predicted molar refractivity (Wildman–Crippen MR) is 48.3 cm³/mol. The average molecular weight is 161 g/mol. The minimum absolute atomic E-state index is 0.881. The van der Waals surface area contributed by atoms with Crippen LogP contribution in [0.2, 0.25) is 0 Å². The van der Waals surface area contributed by atoms with Gasteiger partial charge >= 0.3 is 0 Å². The van der Waals surface area contributed by atoms with Crippen LogP contribution in [0, 0.1) is 0 Å². The van der Waals surface area contributed by atoms with Crippen molar-refractivity contribution in [1.82, 2.24) is 5.32 Å². The highest BCUT2D eigenvalue weighted by atomic mass is 28.2. The van der Waals surface area contributed by atoms with Gasteiger partial charge in [0, 0.05) is 6.61 Å². The average Bonchev–Trinajstić information content (AvgIpc) is 1.97. The highest BCUT2D eigenvalue weighted by molar-refractivity contribution is 5.97. The van der Waals surface area contributed by atoms with Crippen molar-refractivity contribution >= 4 is 10.5 Å². The second-order valence-electron chi connectivity index (χ2n) is 2.45. The maximum Gasteiger partial charge on any atom is 0.145 e. The zero-order valence-corrected chi connectivity index (χ0v) is 9.15. The molecule has 62 valence electrons. The second-order valence-corrected chi connectivity index (χ2v) is 3.03. The van der Waals surface area contributed by atoms with Crippen LogP contribution in [0.1, 0.15) is 26.2 Å². The van der Waals surface area contributed by atoms with E-state index in [1.54, 1.807) is 0 Å². The van der Waals surface area contributed by atoms with Gasteiger partial charge in [-0.05, 0) is 25.9 Å². The standard InChI is InChI=1S/C7H19NOSi/c1-2-3-5-8-6-4-7-9-10/h8H,2-7H2,1,10H3. The maximum atomic E-state index is 5.05. The molecular weight excluding hydrogens is 142 g/mol. The van der Waals surface area contributed by atoms with Crippen molar-refractivity contribution < 1.29 is 4.43 Å². The van der Waals surface area contributed by atoms with Gasteiger partial charge in [-0.1, -0.05) is 13.3 Å². The smallest absolute Gasteiger partial charge is 0.145 e. The number of hydrogen-bond donors (Lipinski definition) is 1. The third-order valence-electron chi connectivity index (χ3n) is 1.41. The van der Waals surface area contributed by atoms with E-state index in [-0.39, 0.29) is 0 Å². The fourth-order valence-electron chi connectivity index (χ4n) is 0.768. The van der Waals surface area contributed by atoms with Crippen molar-refractivity contribution in [3.05, 3.63) is 0 Å². The van der Waals surface area contributed by atoms with Crippen LogP contribution >= 0.6 is 0 Å². The third kappa shape index (κ3) is 8.14. The molecule has 0 amide bonds. The van der Waals surface area contributed by atoms with E-state index in [4.69, 9.17) is 4.43 Å². The minimum Gasteiger partial charge on any atom is -0.428 e. The molecule has 0 rings (SSSR count). The van der Waals surface area contributed by atoms with Crippen molar-refractivity contribution in [2.24, 2.45) is 0 Å². The lowest BCUT2D eigenvalue weighted by Gasteiger charge is -2.01. The summed E-state index contributed by atoms with van der Waals surface area (Å²) in [6.07, 6.45) is 3.74. The lowest BCUT2D eigenvalue weighted by Crippen LogP contribution is -2.17. The largest absolute Gasteiger partial charge is 0.428 e. The number of unbranched alkanes of at least 4 members (excludes halogenated alkanes) is 1. The SMILES string of the molecule is CCCCNCCCO[SiH3]. The number of nitrogens with one attached hydrogen (secondary N) is 1. The molecule has 1 N–H and O–H groups in total. The van der Waals surface area contributed by atoms with Gasteiger partial charge < -0.3 is 9.74 Å². The van der Waals surface area contributed by atoms with Crippen LogP contribution in [0.5, 0.6) is 0 Å². The van der Waals surface area contributed by atoms with Crippen LogP contribution in [0.3, 0.4) is 0 Å². The molecule has 0 fully saturated rings. The van der Waals surface area contributed by atoms with E-state index in [1.165, 1.54) is 12.8 Å². The van der Waals surface area contributed by atoms with E-state index in [1.807, 2.05) is 0 Å². The molecule has 0 aromatic rings. The molecule has 10 heavy (non-hydrogen) atoms. The molecule has 0 atom stereocenters. The molecule has 0 aliphatic rings. The summed E-state index contributed by atoms with van der Waals surface area (Å²) in [5, 5.41) is 3.36. The fourth-order valence-corrected chi connectivity index (χ4v) is 1.06. The Hall–Kier alpha value is 0.137. The van der Waals surface area contributed by atoms with Crippen molar-refractivity contribution in [2.75, 3.05) is 19.7 Å². The highest BCUT2D eigenvalue weighted by Gasteiger charge is 1.85. The van der Waals surface area contributed by atoms with Gasteiger partial charge in [0.15, 0.2) is 0 Å². The summed E-state index contributed by atoms with van der Waals surface area (Å²) < 4.78 is 5.05. The van der Waals surface area contributed by atoms with Gasteiger partial charge in [-0.15, -0.1) is 0 Å². The second kappa shape index (κ2) is 9.14. The van der Waals surface area contributed by atoms with Gasteiger partial charge in [-0.3, -0.25) is 0 Å². The summed E-state index contributed by atoms with van der Waals surface area (Å²) in [6.45, 7) is 5.42. The Kier molecular flexibility index (Phi) is 9.26. The minimum atomic E-state index is 0.881. The molecule has 0 unspecified atom stereocenters.